The van der Waals surface area contributed by atoms with Gasteiger partial charge in [-0.15, -0.1) is 0 Å². The third kappa shape index (κ3) is 3.14. The summed E-state index contributed by atoms with van der Waals surface area (Å²) in [5.41, 5.74) is 2.60. The minimum atomic E-state index is -0.309. The Balaban J connectivity index is 1.61. The van der Waals surface area contributed by atoms with Crippen molar-refractivity contribution in [2.75, 3.05) is 0 Å². The molecule has 7 heteroatoms. The van der Waals surface area contributed by atoms with Crippen LogP contribution in [0.2, 0.25) is 10.0 Å². The van der Waals surface area contributed by atoms with Gasteiger partial charge in [-0.2, -0.15) is 0 Å². The lowest BCUT2D eigenvalue weighted by atomic mass is 10.1. The molecule has 1 aromatic heterocycles. The molecular formula is C19H12Cl2N2O2S. The number of aromatic amines is 1. The van der Waals surface area contributed by atoms with E-state index in [0.717, 1.165) is 33.8 Å². The van der Waals surface area contributed by atoms with Crippen LogP contribution < -0.4 is 0 Å². The number of amides is 2. The number of fused-ring (bicyclic) bond motifs is 1. The number of nitrogens with one attached hydrogen (secondary N) is 1. The van der Waals surface area contributed by atoms with Crippen molar-refractivity contribution in [1.29, 1.82) is 0 Å². The maximum atomic E-state index is 12.7. The molecule has 1 fully saturated rings. The fourth-order valence-electron chi connectivity index (χ4n) is 2.81. The normalized spacial score (nSPS) is 16.2. The SMILES string of the molecule is O=C1SC(=Cc2c[nH]c3ccccc23)C(=O)N1Cc1ccc(Cl)c(Cl)c1. The highest BCUT2D eigenvalue weighted by Gasteiger charge is 2.35. The third-order valence-corrected chi connectivity index (χ3v) is 5.75. The Hall–Kier alpha value is -2.21. The number of imide groups is 1. The molecule has 0 bridgehead atoms. The van der Waals surface area contributed by atoms with E-state index in [1.54, 1.807) is 24.3 Å². The number of thioether (sulfide) groups is 1. The summed E-state index contributed by atoms with van der Waals surface area (Å²) in [7, 11) is 0. The zero-order valence-corrected chi connectivity index (χ0v) is 15.7. The number of H-pyrrole nitrogens is 1. The lowest BCUT2D eigenvalue weighted by molar-refractivity contribution is -0.123. The predicted octanol–water partition coefficient (Wildman–Crippen LogP) is 5.71. The number of benzene rings is 2. The van der Waals surface area contributed by atoms with Crippen LogP contribution in [0.25, 0.3) is 17.0 Å². The summed E-state index contributed by atoms with van der Waals surface area (Å²) in [5.74, 6) is -0.309. The minimum absolute atomic E-state index is 0.160. The van der Waals surface area contributed by atoms with Gasteiger partial charge in [-0.05, 0) is 41.6 Å². The Morgan fingerprint density at radius 1 is 1.08 bits per heavy atom. The van der Waals surface area contributed by atoms with E-state index < -0.39 is 0 Å². The van der Waals surface area contributed by atoms with Crippen molar-refractivity contribution >= 4 is 63.1 Å². The lowest BCUT2D eigenvalue weighted by Crippen LogP contribution is -2.27. The number of rotatable bonds is 3. The molecule has 130 valence electrons. The Kier molecular flexibility index (Phi) is 4.53. The number of halogens is 2. The van der Waals surface area contributed by atoms with Crippen molar-refractivity contribution in [2.24, 2.45) is 0 Å². The van der Waals surface area contributed by atoms with Crippen LogP contribution in [0.4, 0.5) is 4.79 Å². The average Bonchev–Trinajstić information content (AvgIpc) is 3.15. The van der Waals surface area contributed by atoms with Gasteiger partial charge in [0, 0.05) is 22.7 Å². The molecule has 1 aliphatic heterocycles. The Bertz CT molecular complexity index is 1070. The van der Waals surface area contributed by atoms with Crippen molar-refractivity contribution in [2.45, 2.75) is 6.54 Å². The summed E-state index contributed by atoms with van der Waals surface area (Å²) in [6.07, 6.45) is 3.58. The van der Waals surface area contributed by atoms with Gasteiger partial charge in [-0.3, -0.25) is 14.5 Å². The molecule has 0 atom stereocenters. The fourth-order valence-corrected chi connectivity index (χ4v) is 3.96. The van der Waals surface area contributed by atoms with Crippen LogP contribution in [0.1, 0.15) is 11.1 Å². The molecule has 0 unspecified atom stereocenters. The van der Waals surface area contributed by atoms with Crippen molar-refractivity contribution in [3.8, 4) is 0 Å². The summed E-state index contributed by atoms with van der Waals surface area (Å²) >= 11 is 12.9. The highest BCUT2D eigenvalue weighted by Crippen LogP contribution is 2.35. The number of para-hydroxylation sites is 1. The van der Waals surface area contributed by atoms with Crippen LogP contribution >= 0.6 is 35.0 Å². The largest absolute Gasteiger partial charge is 0.361 e. The van der Waals surface area contributed by atoms with Gasteiger partial charge in [0.05, 0.1) is 21.5 Å². The van der Waals surface area contributed by atoms with Gasteiger partial charge in [-0.25, -0.2) is 0 Å². The zero-order valence-electron chi connectivity index (χ0n) is 13.3. The predicted molar refractivity (Wildman–Crippen MR) is 106 cm³/mol. The summed E-state index contributed by atoms with van der Waals surface area (Å²) in [5, 5.41) is 1.53. The number of nitrogens with zero attached hydrogens (tertiary/aromatic N) is 1. The number of hydrogen-bond acceptors (Lipinski definition) is 3. The summed E-state index contributed by atoms with van der Waals surface area (Å²) < 4.78 is 0. The van der Waals surface area contributed by atoms with Gasteiger partial charge in [0.15, 0.2) is 0 Å². The summed E-state index contributed by atoms with van der Waals surface area (Å²) in [6, 6.07) is 12.9. The van der Waals surface area contributed by atoms with E-state index in [1.165, 1.54) is 4.90 Å². The molecule has 4 rings (SSSR count). The van der Waals surface area contributed by atoms with Gasteiger partial charge in [-0.1, -0.05) is 47.5 Å². The lowest BCUT2D eigenvalue weighted by Gasteiger charge is -2.12. The molecule has 0 saturated carbocycles. The molecule has 2 heterocycles. The van der Waals surface area contributed by atoms with Crippen LogP contribution in [0.3, 0.4) is 0 Å². The number of hydrogen-bond donors (Lipinski definition) is 1. The molecule has 1 saturated heterocycles. The van der Waals surface area contributed by atoms with Gasteiger partial charge >= 0.3 is 0 Å². The minimum Gasteiger partial charge on any atom is -0.361 e. The molecule has 26 heavy (non-hydrogen) atoms. The topological polar surface area (TPSA) is 53.2 Å². The first-order valence-corrected chi connectivity index (χ1v) is 9.35. The molecule has 1 N–H and O–H groups in total. The first-order chi connectivity index (χ1) is 12.5. The second-order valence-electron chi connectivity index (χ2n) is 5.81. The van der Waals surface area contributed by atoms with Crippen LogP contribution in [0.5, 0.6) is 0 Å². The van der Waals surface area contributed by atoms with E-state index in [0.29, 0.717) is 15.0 Å². The molecule has 3 aromatic rings. The smallest absolute Gasteiger partial charge is 0.293 e. The van der Waals surface area contributed by atoms with E-state index in [4.69, 9.17) is 23.2 Å². The van der Waals surface area contributed by atoms with E-state index >= 15 is 0 Å². The van der Waals surface area contributed by atoms with Gasteiger partial charge in [0.2, 0.25) is 0 Å². The zero-order chi connectivity index (χ0) is 18.3. The number of carbonyl (C=O) groups excluding carboxylic acids is 2. The Morgan fingerprint density at radius 3 is 2.69 bits per heavy atom. The van der Waals surface area contributed by atoms with Crippen molar-refractivity contribution < 1.29 is 9.59 Å². The summed E-state index contributed by atoms with van der Waals surface area (Å²) in [4.78, 5) is 29.8. The van der Waals surface area contributed by atoms with Crippen LogP contribution in [0, 0.1) is 0 Å². The second-order valence-corrected chi connectivity index (χ2v) is 7.61. The molecule has 0 aliphatic carbocycles. The van der Waals surface area contributed by atoms with Crippen molar-refractivity contribution in [3.63, 3.8) is 0 Å². The summed E-state index contributed by atoms with van der Waals surface area (Å²) in [6.45, 7) is 0.160. The molecule has 1 aliphatic rings. The van der Waals surface area contributed by atoms with Crippen molar-refractivity contribution in [1.82, 2.24) is 9.88 Å². The molecule has 4 nitrogen and oxygen atoms in total. The van der Waals surface area contributed by atoms with E-state index in [9.17, 15) is 9.59 Å². The monoisotopic (exact) mass is 402 g/mol. The Labute approximate surface area is 163 Å². The molecule has 2 aromatic carbocycles. The first kappa shape index (κ1) is 17.2. The maximum absolute atomic E-state index is 12.7. The highest BCUT2D eigenvalue weighted by atomic mass is 35.5. The molecule has 2 amide bonds. The molecule has 0 spiro atoms. The molecule has 0 radical (unpaired) electrons. The van der Waals surface area contributed by atoms with Crippen LogP contribution in [0.15, 0.2) is 53.6 Å². The quantitative estimate of drug-likeness (QED) is 0.570. The van der Waals surface area contributed by atoms with Gasteiger partial charge in [0.25, 0.3) is 11.1 Å². The Morgan fingerprint density at radius 2 is 1.88 bits per heavy atom. The van der Waals surface area contributed by atoms with Crippen molar-refractivity contribution in [3.05, 3.63) is 74.7 Å². The standard InChI is InChI=1S/C19H12Cl2N2O2S/c20-14-6-5-11(7-15(14)21)10-23-18(24)17(26-19(23)25)8-12-9-22-16-4-2-1-3-13(12)16/h1-9,22H,10H2. The molecular weight excluding hydrogens is 391 g/mol. The van der Waals surface area contributed by atoms with E-state index in [2.05, 4.69) is 4.98 Å². The second kappa shape index (κ2) is 6.83. The average molecular weight is 403 g/mol. The first-order valence-electron chi connectivity index (χ1n) is 7.78. The highest BCUT2D eigenvalue weighted by molar-refractivity contribution is 8.18. The fraction of sp³-hybridized carbons (Fsp3) is 0.0526. The number of carbonyl (C=O) groups is 2. The van der Waals surface area contributed by atoms with E-state index in [-0.39, 0.29) is 17.7 Å². The third-order valence-electron chi connectivity index (χ3n) is 4.11. The van der Waals surface area contributed by atoms with Gasteiger partial charge < -0.3 is 4.98 Å². The van der Waals surface area contributed by atoms with Crippen LogP contribution in [-0.4, -0.2) is 21.0 Å². The maximum Gasteiger partial charge on any atom is 0.293 e. The number of aromatic nitrogens is 1. The van der Waals surface area contributed by atoms with E-state index in [1.807, 2.05) is 30.5 Å². The van der Waals surface area contributed by atoms with Gasteiger partial charge in [0.1, 0.15) is 0 Å². The van der Waals surface area contributed by atoms with Crippen LogP contribution in [-0.2, 0) is 11.3 Å².